The van der Waals surface area contributed by atoms with Crippen molar-refractivity contribution in [2.24, 2.45) is 0 Å². The molecule has 3 aromatic rings. The van der Waals surface area contributed by atoms with Crippen LogP contribution in [0, 0.1) is 11.6 Å². The number of nitrogens with zero attached hydrogens (tertiary/aromatic N) is 4. The number of hydrogen-bond donors (Lipinski definition) is 1. The third kappa shape index (κ3) is 6.51. The van der Waals surface area contributed by atoms with Crippen LogP contribution in [0.3, 0.4) is 0 Å². The summed E-state index contributed by atoms with van der Waals surface area (Å²) in [5.41, 5.74) is -2.69. The van der Waals surface area contributed by atoms with Crippen molar-refractivity contribution in [3.05, 3.63) is 51.6 Å². The highest BCUT2D eigenvalue weighted by Gasteiger charge is 2.47. The SMILES string of the molecule is CCn1cc(C(=O)O)c(=O)c2cc(F)c(-n3cc(CO[C@H]4OC[C@@H](OC(C)=O)[C@@H](OC(C)=O)[C@H]4OC(C)=O)nn3)c(F)c21. The summed E-state index contributed by atoms with van der Waals surface area (Å²) in [6.07, 6.45) is -3.01. The Labute approximate surface area is 240 Å². The van der Waals surface area contributed by atoms with Crippen LogP contribution >= 0.6 is 0 Å². The number of ether oxygens (including phenoxy) is 5. The number of aromatic nitrogens is 4. The van der Waals surface area contributed by atoms with Crippen molar-refractivity contribution in [3.8, 4) is 5.69 Å². The molecular weight excluding hydrogens is 582 g/mol. The van der Waals surface area contributed by atoms with Crippen molar-refractivity contribution in [1.29, 1.82) is 0 Å². The average molecular weight is 609 g/mol. The zero-order valence-electron chi connectivity index (χ0n) is 23.2. The van der Waals surface area contributed by atoms with E-state index in [0.29, 0.717) is 0 Å². The summed E-state index contributed by atoms with van der Waals surface area (Å²) in [7, 11) is 0. The zero-order valence-corrected chi connectivity index (χ0v) is 23.2. The molecule has 0 radical (unpaired) electrons. The van der Waals surface area contributed by atoms with Gasteiger partial charge in [0.2, 0.25) is 5.43 Å². The topological polar surface area (TPSA) is 187 Å². The third-order valence-electron chi connectivity index (χ3n) is 6.27. The number of hydrogen-bond acceptors (Lipinski definition) is 12. The predicted molar refractivity (Wildman–Crippen MR) is 137 cm³/mol. The van der Waals surface area contributed by atoms with Gasteiger partial charge in [0, 0.05) is 33.5 Å². The third-order valence-corrected chi connectivity index (χ3v) is 6.27. The fourth-order valence-corrected chi connectivity index (χ4v) is 4.58. The van der Waals surface area contributed by atoms with E-state index in [1.54, 1.807) is 6.92 Å². The van der Waals surface area contributed by atoms with Crippen molar-refractivity contribution in [3.63, 3.8) is 0 Å². The lowest BCUT2D eigenvalue weighted by Gasteiger charge is -2.40. The largest absolute Gasteiger partial charge is 0.477 e. The molecule has 230 valence electrons. The van der Waals surface area contributed by atoms with Gasteiger partial charge < -0.3 is 33.4 Å². The number of carboxylic acid groups (broad SMARTS) is 1. The number of aryl methyl sites for hydroxylation is 1. The van der Waals surface area contributed by atoms with Gasteiger partial charge in [-0.1, -0.05) is 5.21 Å². The van der Waals surface area contributed by atoms with Crippen LogP contribution in [0.4, 0.5) is 8.78 Å². The van der Waals surface area contributed by atoms with E-state index in [1.807, 2.05) is 0 Å². The van der Waals surface area contributed by atoms with E-state index < -0.39 is 88.8 Å². The van der Waals surface area contributed by atoms with E-state index in [9.17, 15) is 29.1 Å². The Morgan fingerprint density at radius 3 is 2.30 bits per heavy atom. The van der Waals surface area contributed by atoms with Crippen LogP contribution in [0.15, 0.2) is 23.3 Å². The number of carboxylic acids is 1. The predicted octanol–water partition coefficient (Wildman–Crippen LogP) is 1.25. The van der Waals surface area contributed by atoms with Gasteiger partial charge >= 0.3 is 23.9 Å². The van der Waals surface area contributed by atoms with Gasteiger partial charge in [0.25, 0.3) is 0 Å². The van der Waals surface area contributed by atoms with Crippen LogP contribution in [-0.4, -0.2) is 79.8 Å². The molecule has 0 amide bonds. The number of pyridine rings is 1. The van der Waals surface area contributed by atoms with Crippen LogP contribution in [0.25, 0.3) is 16.6 Å². The zero-order chi connectivity index (χ0) is 31.6. The van der Waals surface area contributed by atoms with Crippen molar-refractivity contribution in [2.75, 3.05) is 6.61 Å². The van der Waals surface area contributed by atoms with E-state index >= 15 is 8.78 Å². The van der Waals surface area contributed by atoms with Gasteiger partial charge in [-0.3, -0.25) is 19.2 Å². The summed E-state index contributed by atoms with van der Waals surface area (Å²) in [4.78, 5) is 59.1. The molecule has 1 saturated heterocycles. The summed E-state index contributed by atoms with van der Waals surface area (Å²) >= 11 is 0. The quantitative estimate of drug-likeness (QED) is 0.270. The molecule has 1 aliphatic heterocycles. The Kier molecular flexibility index (Phi) is 9.15. The van der Waals surface area contributed by atoms with Crippen molar-refractivity contribution in [1.82, 2.24) is 19.6 Å². The minimum atomic E-state index is -1.54. The second-order valence-electron chi connectivity index (χ2n) is 9.34. The highest BCUT2D eigenvalue weighted by Crippen LogP contribution is 2.28. The molecule has 0 unspecified atom stereocenters. The summed E-state index contributed by atoms with van der Waals surface area (Å²) in [5, 5.41) is 16.4. The van der Waals surface area contributed by atoms with Gasteiger partial charge in [0.05, 0.1) is 30.3 Å². The van der Waals surface area contributed by atoms with E-state index in [4.69, 9.17) is 23.7 Å². The number of carbonyl (C=O) groups excluding carboxylic acids is 3. The number of esters is 3. The molecule has 0 aliphatic carbocycles. The molecule has 0 saturated carbocycles. The van der Waals surface area contributed by atoms with Crippen LogP contribution in [-0.2, 0) is 51.2 Å². The molecule has 3 heterocycles. The van der Waals surface area contributed by atoms with E-state index in [-0.39, 0.29) is 24.4 Å². The normalized spacial score (nSPS) is 20.0. The number of carbonyl (C=O) groups is 4. The lowest BCUT2D eigenvalue weighted by molar-refractivity contribution is -0.283. The van der Waals surface area contributed by atoms with E-state index in [1.165, 1.54) is 0 Å². The summed E-state index contributed by atoms with van der Waals surface area (Å²) < 4.78 is 59.7. The minimum Gasteiger partial charge on any atom is -0.477 e. The van der Waals surface area contributed by atoms with Crippen LogP contribution < -0.4 is 5.43 Å². The van der Waals surface area contributed by atoms with Crippen LogP contribution in [0.5, 0.6) is 0 Å². The maximum atomic E-state index is 15.7. The number of fused-ring (bicyclic) bond motifs is 1. The van der Waals surface area contributed by atoms with Gasteiger partial charge in [0.1, 0.15) is 16.9 Å². The first-order valence-electron chi connectivity index (χ1n) is 12.8. The van der Waals surface area contributed by atoms with Gasteiger partial charge in [-0.2, -0.15) is 0 Å². The highest BCUT2D eigenvalue weighted by atomic mass is 19.1. The van der Waals surface area contributed by atoms with Gasteiger partial charge in [0.15, 0.2) is 36.2 Å². The van der Waals surface area contributed by atoms with Crippen molar-refractivity contribution >= 4 is 34.8 Å². The molecule has 15 nitrogen and oxygen atoms in total. The molecule has 0 spiro atoms. The summed E-state index contributed by atoms with van der Waals surface area (Å²) in [6, 6.07) is 0.723. The molecule has 1 aliphatic rings. The molecule has 1 fully saturated rings. The molecule has 43 heavy (non-hydrogen) atoms. The minimum absolute atomic E-state index is 0.0318. The van der Waals surface area contributed by atoms with Crippen molar-refractivity contribution < 1.29 is 56.7 Å². The molecule has 0 bridgehead atoms. The average Bonchev–Trinajstić information content (AvgIpc) is 3.38. The van der Waals surface area contributed by atoms with Gasteiger partial charge in [-0.15, -0.1) is 5.10 Å². The smallest absolute Gasteiger partial charge is 0.341 e. The maximum Gasteiger partial charge on any atom is 0.341 e. The number of halogens is 2. The Hall–Kier alpha value is -4.77. The lowest BCUT2D eigenvalue weighted by Crippen LogP contribution is -2.58. The van der Waals surface area contributed by atoms with Crippen molar-refractivity contribution in [2.45, 2.75) is 65.4 Å². The fourth-order valence-electron chi connectivity index (χ4n) is 4.58. The molecule has 4 atom stereocenters. The number of aromatic carboxylic acids is 1. The Balaban J connectivity index is 1.62. The van der Waals surface area contributed by atoms with E-state index in [2.05, 4.69) is 10.3 Å². The monoisotopic (exact) mass is 608 g/mol. The lowest BCUT2D eigenvalue weighted by atomic mass is 10.0. The molecule has 2 aromatic heterocycles. The Morgan fingerprint density at radius 2 is 1.70 bits per heavy atom. The highest BCUT2D eigenvalue weighted by molar-refractivity contribution is 5.93. The standard InChI is InChI=1S/C26H26F2N4O11/c1-5-31-8-16(25(37)38)22(36)15-6-17(27)21(19(28)20(15)31)32-7-14(29-30-32)9-39-26-24(43-13(4)35)23(42-12(3)34)18(10-40-26)41-11(2)33/h6-8,18,23-24,26H,5,9-10H2,1-4H3,(H,37,38)/t18-,23-,24-,26+/m1/s1. The molecule has 1 aromatic carbocycles. The summed E-state index contributed by atoms with van der Waals surface area (Å²) in [6.45, 7) is 4.29. The van der Waals surface area contributed by atoms with Gasteiger partial charge in [-0.25, -0.2) is 18.3 Å². The maximum absolute atomic E-state index is 15.7. The number of benzene rings is 1. The molecule has 4 rings (SSSR count). The molecule has 1 N–H and O–H groups in total. The molecular formula is C26H26F2N4O11. The van der Waals surface area contributed by atoms with Crippen LogP contribution in [0.2, 0.25) is 0 Å². The first-order valence-corrected chi connectivity index (χ1v) is 12.8. The Bertz CT molecular complexity index is 1650. The second kappa shape index (κ2) is 12.6. The summed E-state index contributed by atoms with van der Waals surface area (Å²) in [5.74, 6) is -6.17. The Morgan fingerprint density at radius 1 is 1.05 bits per heavy atom. The number of rotatable bonds is 9. The van der Waals surface area contributed by atoms with E-state index in [0.717, 1.165) is 48.5 Å². The fraction of sp³-hybridized carbons (Fsp3) is 0.423. The second-order valence-corrected chi connectivity index (χ2v) is 9.34. The van der Waals surface area contributed by atoms with Gasteiger partial charge in [-0.05, 0) is 13.0 Å². The molecule has 17 heteroatoms. The first-order chi connectivity index (χ1) is 20.3. The van der Waals surface area contributed by atoms with Crippen LogP contribution in [0.1, 0.15) is 43.7 Å². The first kappa shape index (κ1) is 31.2.